The Balaban J connectivity index is 1.17. The van der Waals surface area contributed by atoms with Crippen LogP contribution >= 0.6 is 0 Å². The molecule has 0 radical (unpaired) electrons. The van der Waals surface area contributed by atoms with Crippen LogP contribution in [-0.4, -0.2) is 95.2 Å². The number of likely N-dealkylation sites (tertiary alicyclic amines) is 1. The maximum Gasteiger partial charge on any atom is 0.433 e. The Morgan fingerprint density at radius 2 is 2.03 bits per heavy atom. The van der Waals surface area contributed by atoms with Crippen molar-refractivity contribution in [1.29, 1.82) is 0 Å². The summed E-state index contributed by atoms with van der Waals surface area (Å²) in [5.74, 6) is 0.249. The predicted molar refractivity (Wildman–Crippen MR) is 130 cm³/mol. The van der Waals surface area contributed by atoms with Gasteiger partial charge in [0.2, 0.25) is 5.91 Å². The van der Waals surface area contributed by atoms with Crippen LogP contribution in [-0.2, 0) is 20.4 Å². The van der Waals surface area contributed by atoms with Gasteiger partial charge < -0.3 is 29.7 Å². The first-order valence-electron chi connectivity index (χ1n) is 13.7. The van der Waals surface area contributed by atoms with Crippen LogP contribution in [0.3, 0.4) is 0 Å². The lowest BCUT2D eigenvalue weighted by Gasteiger charge is -2.52. The summed E-state index contributed by atoms with van der Waals surface area (Å²) in [5.41, 5.74) is -2.81. The van der Waals surface area contributed by atoms with E-state index < -0.39 is 22.9 Å². The summed E-state index contributed by atoms with van der Waals surface area (Å²) >= 11 is 0. The minimum absolute atomic E-state index is 0.00471. The van der Waals surface area contributed by atoms with Crippen LogP contribution in [0.2, 0.25) is 0 Å². The number of methoxy groups -OCH3 is 1. The molecule has 1 aromatic rings. The summed E-state index contributed by atoms with van der Waals surface area (Å²) in [5, 5.41) is 15.4. The maximum absolute atomic E-state index is 14.3. The second-order valence-corrected chi connectivity index (χ2v) is 11.7. The van der Waals surface area contributed by atoms with Gasteiger partial charge in [0.05, 0.1) is 35.8 Å². The number of aliphatic hydroxyl groups is 1. The number of piperazine rings is 1. The van der Waals surface area contributed by atoms with E-state index in [0.717, 1.165) is 31.7 Å². The zero-order valence-electron chi connectivity index (χ0n) is 21.6. The van der Waals surface area contributed by atoms with Crippen molar-refractivity contribution >= 4 is 11.7 Å². The topological polar surface area (TPSA) is 100 Å². The van der Waals surface area contributed by atoms with Crippen LogP contribution < -0.4 is 10.2 Å². The molecule has 0 spiro atoms. The molecule has 9 nitrogen and oxygen atoms in total. The van der Waals surface area contributed by atoms with Gasteiger partial charge in [0.15, 0.2) is 0 Å². The van der Waals surface area contributed by atoms with E-state index in [2.05, 4.69) is 15.3 Å². The number of carbonyl (C=O) groups excluding carboxylic acids is 1. The highest BCUT2D eigenvalue weighted by Crippen LogP contribution is 2.57. The van der Waals surface area contributed by atoms with Crippen molar-refractivity contribution in [2.45, 2.75) is 93.4 Å². The number of fused-ring (bicyclic) bond motifs is 2. The number of hydrogen-bond acceptors (Lipinski definition) is 8. The van der Waals surface area contributed by atoms with Gasteiger partial charge >= 0.3 is 6.18 Å². The highest BCUT2D eigenvalue weighted by atomic mass is 19.4. The van der Waals surface area contributed by atoms with Gasteiger partial charge in [0.25, 0.3) is 0 Å². The molecule has 2 N–H and O–H groups in total. The van der Waals surface area contributed by atoms with Gasteiger partial charge in [0.1, 0.15) is 17.8 Å². The van der Waals surface area contributed by atoms with E-state index in [1.54, 1.807) is 7.11 Å². The summed E-state index contributed by atoms with van der Waals surface area (Å²) in [7, 11) is 1.69. The third-order valence-electron chi connectivity index (χ3n) is 9.79. The molecule has 6 rings (SSSR count). The van der Waals surface area contributed by atoms with Crippen molar-refractivity contribution in [3.63, 3.8) is 0 Å². The Bertz CT molecular complexity index is 1060. The molecule has 3 aliphatic heterocycles. The Morgan fingerprint density at radius 1 is 1.21 bits per heavy atom. The summed E-state index contributed by atoms with van der Waals surface area (Å²) < 4.78 is 50.7. The number of amides is 1. The number of nitrogens with zero attached hydrogens (tertiary/aromatic N) is 4. The average molecular weight is 540 g/mol. The summed E-state index contributed by atoms with van der Waals surface area (Å²) in [6.45, 7) is 2.07. The van der Waals surface area contributed by atoms with Crippen LogP contribution in [0.1, 0.15) is 57.1 Å². The normalized spacial score (nSPS) is 36.5. The lowest BCUT2D eigenvalue weighted by Crippen LogP contribution is -2.63. The van der Waals surface area contributed by atoms with Crippen LogP contribution in [0.15, 0.2) is 12.4 Å². The summed E-state index contributed by atoms with van der Waals surface area (Å²) in [4.78, 5) is 25.5. The fraction of sp³-hybridized carbons (Fsp3) is 0.808. The first-order valence-corrected chi connectivity index (χ1v) is 13.7. The minimum atomic E-state index is -4.54. The predicted octanol–water partition coefficient (Wildman–Crippen LogP) is 2.13. The van der Waals surface area contributed by atoms with Crippen molar-refractivity contribution in [2.24, 2.45) is 5.41 Å². The number of aromatic nitrogens is 2. The van der Waals surface area contributed by atoms with Crippen molar-refractivity contribution < 1.29 is 32.5 Å². The van der Waals surface area contributed by atoms with Crippen LogP contribution in [0.25, 0.3) is 0 Å². The quantitative estimate of drug-likeness (QED) is 0.568. The van der Waals surface area contributed by atoms with E-state index in [1.807, 2.05) is 9.80 Å². The Hall–Kier alpha value is -2.02. The second kappa shape index (κ2) is 9.57. The lowest BCUT2D eigenvalue weighted by atomic mass is 9.59. The molecule has 2 bridgehead atoms. The van der Waals surface area contributed by atoms with Gasteiger partial charge in [-0.2, -0.15) is 13.2 Å². The zero-order valence-corrected chi connectivity index (χ0v) is 21.6. The van der Waals surface area contributed by atoms with Gasteiger partial charge in [-0.25, -0.2) is 9.97 Å². The highest BCUT2D eigenvalue weighted by molar-refractivity contribution is 5.86. The Morgan fingerprint density at radius 3 is 2.68 bits per heavy atom. The molecule has 38 heavy (non-hydrogen) atoms. The SMILES string of the molecule is CO[C@@H]1COCC[C@@H]1N[C@@H]1CC[C@@](C(=O)N2C[C@H]3C[C@@H]2CN3c2cc(C(F)(F)F)ncn2)(C2(O)CCC2)C1. The third-order valence-corrected chi connectivity index (χ3v) is 9.79. The number of carbonyl (C=O) groups is 1. The lowest BCUT2D eigenvalue weighted by molar-refractivity contribution is -0.178. The Labute approximate surface area is 220 Å². The molecule has 0 aromatic carbocycles. The molecule has 210 valence electrons. The fourth-order valence-corrected chi connectivity index (χ4v) is 7.56. The van der Waals surface area contributed by atoms with Gasteiger partial charge in [-0.15, -0.1) is 0 Å². The van der Waals surface area contributed by atoms with Gasteiger partial charge in [0, 0.05) is 45.0 Å². The van der Waals surface area contributed by atoms with Gasteiger partial charge in [-0.1, -0.05) is 0 Å². The van der Waals surface area contributed by atoms with Crippen molar-refractivity contribution in [3.8, 4) is 0 Å². The molecule has 6 atom stereocenters. The van der Waals surface area contributed by atoms with Crippen molar-refractivity contribution in [3.05, 3.63) is 18.1 Å². The standard InChI is InChI=1S/C26H36F3N5O4/c1-37-20-14-38-8-4-19(20)32-16-3-7-24(11-16,25(36)5-2-6-25)23(35)34-13-17-9-18(34)12-33(17)22-10-21(26(27,28)29)30-15-31-22/h10,15-20,32,36H,2-9,11-14H2,1H3/t16-,17-,18-,19+,20-,24-/m1/s1. The first-order chi connectivity index (χ1) is 18.1. The fourth-order valence-electron chi connectivity index (χ4n) is 7.56. The molecular weight excluding hydrogens is 503 g/mol. The molecule has 1 aromatic heterocycles. The minimum Gasteiger partial charge on any atom is -0.389 e. The van der Waals surface area contributed by atoms with E-state index in [1.165, 1.54) is 0 Å². The number of ether oxygens (including phenoxy) is 2. The van der Waals surface area contributed by atoms with E-state index in [4.69, 9.17) is 9.47 Å². The number of halogens is 3. The number of rotatable bonds is 6. The van der Waals surface area contributed by atoms with Crippen molar-refractivity contribution in [1.82, 2.24) is 20.2 Å². The van der Waals surface area contributed by atoms with Crippen LogP contribution in [0.5, 0.6) is 0 Å². The smallest absolute Gasteiger partial charge is 0.389 e. The van der Waals surface area contributed by atoms with Gasteiger partial charge in [-0.05, 0) is 51.4 Å². The molecular formula is C26H36F3N5O4. The van der Waals surface area contributed by atoms with Crippen LogP contribution in [0, 0.1) is 5.41 Å². The molecule has 3 saturated heterocycles. The largest absolute Gasteiger partial charge is 0.433 e. The molecule has 1 amide bonds. The number of nitrogens with one attached hydrogen (secondary N) is 1. The highest BCUT2D eigenvalue weighted by Gasteiger charge is 2.64. The van der Waals surface area contributed by atoms with Gasteiger partial charge in [-0.3, -0.25) is 4.79 Å². The molecule has 2 saturated carbocycles. The van der Waals surface area contributed by atoms with E-state index >= 15 is 0 Å². The molecule has 0 unspecified atom stereocenters. The molecule has 5 fully saturated rings. The summed E-state index contributed by atoms with van der Waals surface area (Å²) in [6.07, 6.45) is 2.06. The third kappa shape index (κ3) is 4.28. The number of hydrogen-bond donors (Lipinski definition) is 2. The summed E-state index contributed by atoms with van der Waals surface area (Å²) in [6, 6.07) is 1.02. The maximum atomic E-state index is 14.3. The number of alkyl halides is 3. The van der Waals surface area contributed by atoms with E-state index in [0.29, 0.717) is 58.4 Å². The zero-order chi connectivity index (χ0) is 26.7. The van der Waals surface area contributed by atoms with E-state index in [9.17, 15) is 23.1 Å². The molecule has 2 aliphatic carbocycles. The Kier molecular flexibility index (Phi) is 6.60. The molecule has 5 aliphatic rings. The van der Waals surface area contributed by atoms with Crippen molar-refractivity contribution in [2.75, 3.05) is 38.3 Å². The number of anilines is 1. The van der Waals surface area contributed by atoms with E-state index in [-0.39, 0.29) is 42.0 Å². The monoisotopic (exact) mass is 539 g/mol. The first kappa shape index (κ1) is 26.2. The van der Waals surface area contributed by atoms with Crippen LogP contribution in [0.4, 0.5) is 19.0 Å². The second-order valence-electron chi connectivity index (χ2n) is 11.7. The average Bonchev–Trinajstić information content (AvgIpc) is 3.62. The molecule has 12 heteroatoms. The molecule has 4 heterocycles.